The molecule has 0 aliphatic heterocycles. The van der Waals surface area contributed by atoms with Gasteiger partial charge in [0.05, 0.1) is 0 Å². The molecular weight excluding hydrogens is 225 g/mol. The van der Waals surface area contributed by atoms with Gasteiger partial charge in [-0.2, -0.15) is 0 Å². The van der Waals surface area contributed by atoms with Crippen LogP contribution in [0.2, 0.25) is 0 Å². The van der Waals surface area contributed by atoms with Gasteiger partial charge < -0.3 is 5.32 Å². The van der Waals surface area contributed by atoms with Gasteiger partial charge in [0.15, 0.2) is 0 Å². The zero-order valence-electron chi connectivity index (χ0n) is 10.8. The van der Waals surface area contributed by atoms with Crippen molar-refractivity contribution in [3.05, 3.63) is 59.4 Å². The number of rotatable bonds is 4. The van der Waals surface area contributed by atoms with E-state index >= 15 is 0 Å². The van der Waals surface area contributed by atoms with Gasteiger partial charge in [-0.15, -0.1) is 0 Å². The summed E-state index contributed by atoms with van der Waals surface area (Å²) in [6.07, 6.45) is 0. The van der Waals surface area contributed by atoms with Crippen LogP contribution in [0.5, 0.6) is 0 Å². The highest BCUT2D eigenvalue weighted by molar-refractivity contribution is 5.65. The van der Waals surface area contributed by atoms with Crippen molar-refractivity contribution in [2.24, 2.45) is 0 Å². The van der Waals surface area contributed by atoms with Gasteiger partial charge in [-0.3, -0.25) is 0 Å². The normalized spacial score (nSPS) is 10.6. The van der Waals surface area contributed by atoms with Crippen LogP contribution in [-0.2, 0) is 6.54 Å². The Morgan fingerprint density at radius 3 is 2.44 bits per heavy atom. The minimum Gasteiger partial charge on any atom is -0.313 e. The summed E-state index contributed by atoms with van der Waals surface area (Å²) < 4.78 is 13.9. The molecular formula is C16H18FN. The van der Waals surface area contributed by atoms with Crippen molar-refractivity contribution in [2.75, 3.05) is 6.54 Å². The van der Waals surface area contributed by atoms with Crippen molar-refractivity contribution in [3.8, 4) is 11.1 Å². The summed E-state index contributed by atoms with van der Waals surface area (Å²) in [6, 6.07) is 13.2. The van der Waals surface area contributed by atoms with Gasteiger partial charge in [0.2, 0.25) is 0 Å². The van der Waals surface area contributed by atoms with Crippen LogP contribution in [0.25, 0.3) is 11.1 Å². The molecule has 0 atom stereocenters. The van der Waals surface area contributed by atoms with Crippen molar-refractivity contribution in [1.82, 2.24) is 5.32 Å². The maximum Gasteiger partial charge on any atom is 0.131 e. The predicted octanol–water partition coefficient (Wildman–Crippen LogP) is 3.91. The first-order chi connectivity index (χ1) is 8.70. The fourth-order valence-corrected chi connectivity index (χ4v) is 1.91. The summed E-state index contributed by atoms with van der Waals surface area (Å²) in [4.78, 5) is 0. The lowest BCUT2D eigenvalue weighted by Crippen LogP contribution is -2.11. The van der Waals surface area contributed by atoms with Gasteiger partial charge in [0, 0.05) is 12.1 Å². The molecule has 2 aromatic rings. The number of aryl methyl sites for hydroxylation is 1. The van der Waals surface area contributed by atoms with Crippen molar-refractivity contribution in [1.29, 1.82) is 0 Å². The zero-order chi connectivity index (χ0) is 13.0. The Labute approximate surface area is 108 Å². The van der Waals surface area contributed by atoms with Gasteiger partial charge in [0.1, 0.15) is 5.82 Å². The molecule has 0 unspecified atom stereocenters. The van der Waals surface area contributed by atoms with E-state index in [-0.39, 0.29) is 5.82 Å². The maximum atomic E-state index is 13.9. The minimum atomic E-state index is -0.167. The summed E-state index contributed by atoms with van der Waals surface area (Å²) in [6.45, 7) is 5.78. The highest BCUT2D eigenvalue weighted by Crippen LogP contribution is 2.24. The molecule has 0 spiro atoms. The zero-order valence-corrected chi connectivity index (χ0v) is 10.8. The van der Waals surface area contributed by atoms with E-state index in [1.807, 2.05) is 43.3 Å². The molecule has 0 bridgehead atoms. The number of nitrogens with one attached hydrogen (secondary N) is 1. The molecule has 2 aromatic carbocycles. The van der Waals surface area contributed by atoms with Gasteiger partial charge in [-0.25, -0.2) is 4.39 Å². The van der Waals surface area contributed by atoms with Gasteiger partial charge in [-0.05, 0) is 36.7 Å². The van der Waals surface area contributed by atoms with Crippen LogP contribution >= 0.6 is 0 Å². The predicted molar refractivity (Wildman–Crippen MR) is 74.0 cm³/mol. The second-order valence-electron chi connectivity index (χ2n) is 4.46. The fourth-order valence-electron chi connectivity index (χ4n) is 1.91. The Morgan fingerprint density at radius 2 is 1.78 bits per heavy atom. The molecule has 0 fully saturated rings. The summed E-state index contributed by atoms with van der Waals surface area (Å²) in [7, 11) is 0. The Balaban J connectivity index is 2.33. The van der Waals surface area contributed by atoms with Crippen molar-refractivity contribution >= 4 is 0 Å². The smallest absolute Gasteiger partial charge is 0.131 e. The monoisotopic (exact) mass is 243 g/mol. The van der Waals surface area contributed by atoms with E-state index in [9.17, 15) is 4.39 Å². The molecule has 0 radical (unpaired) electrons. The lowest BCUT2D eigenvalue weighted by Gasteiger charge is -2.08. The van der Waals surface area contributed by atoms with E-state index in [1.54, 1.807) is 6.07 Å². The van der Waals surface area contributed by atoms with Crippen molar-refractivity contribution < 1.29 is 4.39 Å². The molecule has 0 heterocycles. The summed E-state index contributed by atoms with van der Waals surface area (Å²) in [5, 5.41) is 3.25. The van der Waals surface area contributed by atoms with Crippen LogP contribution in [0.3, 0.4) is 0 Å². The quantitative estimate of drug-likeness (QED) is 0.858. The molecule has 2 heteroatoms. The Hall–Kier alpha value is -1.67. The second-order valence-corrected chi connectivity index (χ2v) is 4.46. The van der Waals surface area contributed by atoms with E-state index in [0.717, 1.165) is 24.2 Å². The number of benzene rings is 2. The first-order valence-electron chi connectivity index (χ1n) is 6.27. The molecule has 0 aliphatic rings. The highest BCUT2D eigenvalue weighted by atomic mass is 19.1. The Kier molecular flexibility index (Phi) is 4.11. The highest BCUT2D eigenvalue weighted by Gasteiger charge is 2.06. The summed E-state index contributed by atoms with van der Waals surface area (Å²) in [5.74, 6) is -0.167. The van der Waals surface area contributed by atoms with E-state index in [4.69, 9.17) is 0 Å². The lowest BCUT2D eigenvalue weighted by atomic mass is 10.0. The molecule has 18 heavy (non-hydrogen) atoms. The van der Waals surface area contributed by atoms with E-state index < -0.39 is 0 Å². The minimum absolute atomic E-state index is 0.167. The third-order valence-corrected chi connectivity index (χ3v) is 2.97. The van der Waals surface area contributed by atoms with Crippen LogP contribution in [0.4, 0.5) is 4.39 Å². The summed E-state index contributed by atoms with van der Waals surface area (Å²) in [5.41, 5.74) is 3.89. The SMILES string of the molecule is CCNCc1ccc(F)c(-c2ccc(C)cc2)c1. The largest absolute Gasteiger partial charge is 0.313 e. The first-order valence-corrected chi connectivity index (χ1v) is 6.27. The third-order valence-electron chi connectivity index (χ3n) is 2.97. The van der Waals surface area contributed by atoms with Gasteiger partial charge >= 0.3 is 0 Å². The molecule has 0 aliphatic carbocycles. The Morgan fingerprint density at radius 1 is 1.06 bits per heavy atom. The van der Waals surface area contributed by atoms with Gasteiger partial charge in [-0.1, -0.05) is 42.8 Å². The number of hydrogen-bond donors (Lipinski definition) is 1. The standard InChI is InChI=1S/C16H18FN/c1-3-18-11-13-6-9-16(17)15(10-13)14-7-4-12(2)5-8-14/h4-10,18H,3,11H2,1-2H3. The topological polar surface area (TPSA) is 12.0 Å². The molecule has 1 N–H and O–H groups in total. The van der Waals surface area contributed by atoms with Crippen LogP contribution < -0.4 is 5.32 Å². The molecule has 0 amide bonds. The maximum absolute atomic E-state index is 13.9. The van der Waals surface area contributed by atoms with Gasteiger partial charge in [0.25, 0.3) is 0 Å². The number of halogens is 1. The molecule has 2 rings (SSSR count). The third kappa shape index (κ3) is 2.96. The van der Waals surface area contributed by atoms with Crippen LogP contribution in [-0.4, -0.2) is 6.54 Å². The lowest BCUT2D eigenvalue weighted by molar-refractivity contribution is 0.629. The molecule has 94 valence electrons. The van der Waals surface area contributed by atoms with Crippen LogP contribution in [0.1, 0.15) is 18.1 Å². The number of hydrogen-bond acceptors (Lipinski definition) is 1. The fraction of sp³-hybridized carbons (Fsp3) is 0.250. The van der Waals surface area contributed by atoms with Crippen molar-refractivity contribution in [2.45, 2.75) is 20.4 Å². The van der Waals surface area contributed by atoms with Crippen molar-refractivity contribution in [3.63, 3.8) is 0 Å². The van der Waals surface area contributed by atoms with E-state index in [0.29, 0.717) is 5.56 Å². The van der Waals surface area contributed by atoms with E-state index in [2.05, 4.69) is 12.2 Å². The molecule has 0 aromatic heterocycles. The second kappa shape index (κ2) is 5.78. The van der Waals surface area contributed by atoms with Crippen LogP contribution in [0, 0.1) is 12.7 Å². The van der Waals surface area contributed by atoms with E-state index in [1.165, 1.54) is 5.56 Å². The molecule has 1 nitrogen and oxygen atoms in total. The summed E-state index contributed by atoms with van der Waals surface area (Å²) >= 11 is 0. The van der Waals surface area contributed by atoms with Crippen LogP contribution in [0.15, 0.2) is 42.5 Å². The molecule has 0 saturated carbocycles. The average Bonchev–Trinajstić information content (AvgIpc) is 2.39. The Bertz CT molecular complexity index is 517. The molecule has 0 saturated heterocycles. The first kappa shape index (κ1) is 12.8. The average molecular weight is 243 g/mol.